The van der Waals surface area contributed by atoms with Gasteiger partial charge in [-0.2, -0.15) is 12.6 Å². The fraction of sp³-hybridized carbons (Fsp3) is 0.778. The molecule has 180 valence electrons. The number of carboxylic acids is 2. The summed E-state index contributed by atoms with van der Waals surface area (Å²) in [5, 5.41) is 25.7. The number of hydrogen-bond donors (Lipinski definition) is 9. The van der Waals surface area contributed by atoms with E-state index in [2.05, 4.69) is 39.4 Å². The fourth-order valence-corrected chi connectivity index (χ4v) is 2.73. The number of amides is 2. The van der Waals surface area contributed by atoms with Crippen LogP contribution in [-0.2, 0) is 19.2 Å². The maximum Gasteiger partial charge on any atom is 0.322 e. The number of carboxylic acid groups (broad SMARTS) is 2. The normalized spacial score (nSPS) is 12.7. The molecule has 12 nitrogen and oxygen atoms in total. The third-order valence-corrected chi connectivity index (χ3v) is 4.56. The van der Waals surface area contributed by atoms with E-state index in [4.69, 9.17) is 10.8 Å². The summed E-state index contributed by atoms with van der Waals surface area (Å²) in [6.45, 7) is 2.41. The maximum absolute atomic E-state index is 12.0. The summed E-state index contributed by atoms with van der Waals surface area (Å²) in [4.78, 5) is 45.7. The Balaban J connectivity index is 4.07. The highest BCUT2D eigenvalue weighted by atomic mass is 32.1. The maximum atomic E-state index is 12.0. The van der Waals surface area contributed by atoms with Crippen LogP contribution in [0.1, 0.15) is 38.5 Å². The zero-order chi connectivity index (χ0) is 23.5. The molecular weight excluding hydrogens is 428 g/mol. The van der Waals surface area contributed by atoms with Gasteiger partial charge in [-0.25, -0.2) is 5.43 Å². The molecule has 0 saturated carbocycles. The Morgan fingerprint density at radius 3 is 2.26 bits per heavy atom. The standard InChI is InChI=1S/C18H36N6O6S/c19-7-2-1-3-8-20-9-4-10-22-24-13(18(29)30)5-6-15(25)23-14(12-31)17(28)21-11-16(26)27/h13-14,20,22,24,31H,1-12,19H2,(H,21,28)(H,23,25)(H,26,27)(H,29,30)/t13-,14-/m0/s1. The van der Waals surface area contributed by atoms with Crippen molar-refractivity contribution in [3.8, 4) is 0 Å². The van der Waals surface area contributed by atoms with E-state index < -0.39 is 42.4 Å². The summed E-state index contributed by atoms with van der Waals surface area (Å²) in [5.41, 5.74) is 11.0. The minimum Gasteiger partial charge on any atom is -0.480 e. The summed E-state index contributed by atoms with van der Waals surface area (Å²) in [7, 11) is 0. The van der Waals surface area contributed by atoms with Crippen LogP contribution in [0.4, 0.5) is 0 Å². The number of carbonyl (C=O) groups is 4. The molecule has 13 heteroatoms. The van der Waals surface area contributed by atoms with E-state index in [1.807, 2.05) is 0 Å². The molecule has 0 radical (unpaired) electrons. The van der Waals surface area contributed by atoms with Crippen LogP contribution in [0.25, 0.3) is 0 Å². The molecule has 0 aliphatic carbocycles. The Morgan fingerprint density at radius 1 is 0.935 bits per heavy atom. The number of unbranched alkanes of at least 4 members (excludes halogenated alkanes) is 2. The van der Waals surface area contributed by atoms with Gasteiger partial charge < -0.3 is 31.9 Å². The van der Waals surface area contributed by atoms with Crippen LogP contribution in [0.3, 0.4) is 0 Å². The van der Waals surface area contributed by atoms with Gasteiger partial charge in [0.1, 0.15) is 18.6 Å². The molecule has 2 amide bonds. The summed E-state index contributed by atoms with van der Waals surface area (Å²) in [5.74, 6) is -3.55. The Bertz CT molecular complexity index is 554. The van der Waals surface area contributed by atoms with Crippen LogP contribution >= 0.6 is 12.6 Å². The summed E-state index contributed by atoms with van der Waals surface area (Å²) < 4.78 is 0. The van der Waals surface area contributed by atoms with Crippen molar-refractivity contribution in [3.05, 3.63) is 0 Å². The molecule has 0 aromatic rings. The zero-order valence-electron chi connectivity index (χ0n) is 17.7. The number of hydrazine groups is 1. The second kappa shape index (κ2) is 18.8. The van der Waals surface area contributed by atoms with Crippen LogP contribution < -0.4 is 32.5 Å². The monoisotopic (exact) mass is 464 g/mol. The lowest BCUT2D eigenvalue weighted by Gasteiger charge is -2.18. The van der Waals surface area contributed by atoms with Crippen molar-refractivity contribution in [1.82, 2.24) is 26.8 Å². The van der Waals surface area contributed by atoms with E-state index in [1.165, 1.54) is 0 Å². The molecule has 0 spiro atoms. The van der Waals surface area contributed by atoms with Crippen LogP contribution in [0.15, 0.2) is 0 Å². The lowest BCUT2D eigenvalue weighted by atomic mass is 10.1. The van der Waals surface area contributed by atoms with Crippen LogP contribution in [0, 0.1) is 0 Å². The topological polar surface area (TPSA) is 195 Å². The van der Waals surface area contributed by atoms with Gasteiger partial charge in [0.2, 0.25) is 11.8 Å². The van der Waals surface area contributed by atoms with Crippen molar-refractivity contribution in [1.29, 1.82) is 0 Å². The van der Waals surface area contributed by atoms with Gasteiger partial charge in [-0.1, -0.05) is 6.42 Å². The van der Waals surface area contributed by atoms with E-state index in [-0.39, 0.29) is 18.6 Å². The van der Waals surface area contributed by atoms with Crippen molar-refractivity contribution in [2.45, 2.75) is 50.6 Å². The Morgan fingerprint density at radius 2 is 1.65 bits per heavy atom. The largest absolute Gasteiger partial charge is 0.480 e. The minimum atomic E-state index is -1.21. The van der Waals surface area contributed by atoms with Crippen molar-refractivity contribution in [2.24, 2.45) is 5.73 Å². The van der Waals surface area contributed by atoms with Gasteiger partial charge in [0.15, 0.2) is 0 Å². The molecule has 0 saturated heterocycles. The molecule has 2 atom stereocenters. The first-order valence-electron chi connectivity index (χ1n) is 10.3. The predicted octanol–water partition coefficient (Wildman–Crippen LogP) is -1.96. The van der Waals surface area contributed by atoms with Crippen LogP contribution in [0.5, 0.6) is 0 Å². The minimum absolute atomic E-state index is 0.00357. The van der Waals surface area contributed by atoms with Crippen molar-refractivity contribution < 1.29 is 29.4 Å². The van der Waals surface area contributed by atoms with Crippen LogP contribution in [0.2, 0.25) is 0 Å². The Hall–Kier alpha value is -1.93. The predicted molar refractivity (Wildman–Crippen MR) is 119 cm³/mol. The number of thiol groups is 1. The third kappa shape index (κ3) is 16.4. The van der Waals surface area contributed by atoms with Crippen molar-refractivity contribution in [3.63, 3.8) is 0 Å². The quantitative estimate of drug-likeness (QED) is 0.0554. The summed E-state index contributed by atoms with van der Waals surface area (Å²) >= 11 is 3.97. The molecule has 0 aromatic carbocycles. The van der Waals surface area contributed by atoms with E-state index in [0.717, 1.165) is 38.8 Å². The number of aliphatic carboxylic acids is 2. The first-order chi connectivity index (χ1) is 14.8. The molecule has 0 rings (SSSR count). The van der Waals surface area contributed by atoms with Gasteiger partial charge in [-0.05, 0) is 45.3 Å². The lowest BCUT2D eigenvalue weighted by molar-refractivity contribution is -0.140. The summed E-state index contributed by atoms with van der Waals surface area (Å²) in [6.07, 6.45) is 3.86. The molecule has 0 aliphatic heterocycles. The van der Waals surface area contributed by atoms with E-state index in [9.17, 15) is 24.3 Å². The molecule has 0 fully saturated rings. The van der Waals surface area contributed by atoms with Gasteiger partial charge in [-0.3, -0.25) is 24.6 Å². The number of nitrogens with one attached hydrogen (secondary N) is 5. The molecular formula is C18H36N6O6S. The Labute approximate surface area is 187 Å². The zero-order valence-corrected chi connectivity index (χ0v) is 18.6. The highest BCUT2D eigenvalue weighted by Gasteiger charge is 2.22. The van der Waals surface area contributed by atoms with Gasteiger partial charge in [0, 0.05) is 18.7 Å². The number of carbonyl (C=O) groups excluding carboxylic acids is 2. The molecule has 0 bridgehead atoms. The molecule has 0 heterocycles. The van der Waals surface area contributed by atoms with Crippen molar-refractivity contribution in [2.75, 3.05) is 38.5 Å². The molecule has 0 unspecified atom stereocenters. The number of rotatable bonds is 20. The SMILES string of the molecule is NCCCCCNCCCNN[C@@H](CCC(=O)N[C@@H](CS)C(=O)NCC(=O)O)C(=O)O. The Kier molecular flexibility index (Phi) is 17.6. The first kappa shape index (κ1) is 29.1. The van der Waals surface area contributed by atoms with Gasteiger partial charge in [0.05, 0.1) is 0 Å². The fourth-order valence-electron chi connectivity index (χ4n) is 2.47. The smallest absolute Gasteiger partial charge is 0.322 e. The molecule has 9 N–H and O–H groups in total. The second-order valence-electron chi connectivity index (χ2n) is 6.87. The van der Waals surface area contributed by atoms with E-state index in [0.29, 0.717) is 13.1 Å². The molecule has 31 heavy (non-hydrogen) atoms. The number of nitrogens with two attached hydrogens (primary N) is 1. The highest BCUT2D eigenvalue weighted by molar-refractivity contribution is 7.80. The second-order valence-corrected chi connectivity index (χ2v) is 7.23. The van der Waals surface area contributed by atoms with E-state index in [1.54, 1.807) is 0 Å². The lowest BCUT2D eigenvalue weighted by Crippen LogP contribution is -2.50. The van der Waals surface area contributed by atoms with E-state index >= 15 is 0 Å². The van der Waals surface area contributed by atoms with Gasteiger partial charge in [0.25, 0.3) is 0 Å². The molecule has 0 aromatic heterocycles. The summed E-state index contributed by atoms with van der Waals surface area (Å²) in [6, 6.07) is -1.99. The van der Waals surface area contributed by atoms with Gasteiger partial charge >= 0.3 is 11.9 Å². The highest BCUT2D eigenvalue weighted by Crippen LogP contribution is 1.99. The number of hydrogen-bond acceptors (Lipinski definition) is 9. The third-order valence-electron chi connectivity index (χ3n) is 4.20. The first-order valence-corrected chi connectivity index (χ1v) is 11.0. The average Bonchev–Trinajstić information content (AvgIpc) is 2.73. The van der Waals surface area contributed by atoms with Crippen LogP contribution in [-0.4, -0.2) is 84.5 Å². The molecule has 0 aliphatic rings. The van der Waals surface area contributed by atoms with Gasteiger partial charge in [-0.15, -0.1) is 0 Å². The van der Waals surface area contributed by atoms with Crippen molar-refractivity contribution >= 4 is 36.4 Å². The average molecular weight is 465 g/mol.